The van der Waals surface area contributed by atoms with Gasteiger partial charge in [-0.25, -0.2) is 4.98 Å². The average molecular weight is 413 g/mol. The molecule has 0 radical (unpaired) electrons. The molecule has 6 heteroatoms. The first-order valence-electron chi connectivity index (χ1n) is 9.35. The molecule has 0 aliphatic carbocycles. The van der Waals surface area contributed by atoms with E-state index in [2.05, 4.69) is 4.98 Å². The first kappa shape index (κ1) is 20.6. The number of aromatic nitrogens is 1. The number of carbonyl (C=O) groups is 1. The minimum Gasteiger partial charge on any atom is -0.466 e. The van der Waals surface area contributed by atoms with Crippen LogP contribution in [-0.2, 0) is 20.5 Å². The van der Waals surface area contributed by atoms with Gasteiger partial charge in [-0.05, 0) is 31.0 Å². The van der Waals surface area contributed by atoms with E-state index in [1.807, 2.05) is 66.7 Å². The van der Waals surface area contributed by atoms with Crippen molar-refractivity contribution in [2.24, 2.45) is 5.92 Å². The van der Waals surface area contributed by atoms with Gasteiger partial charge >= 0.3 is 5.97 Å². The van der Waals surface area contributed by atoms with Gasteiger partial charge in [0.1, 0.15) is 0 Å². The number of thioether (sulfide) groups is 1. The number of fused-ring (bicyclic) bond motifs is 1. The highest BCUT2D eigenvalue weighted by Crippen LogP contribution is 2.30. The van der Waals surface area contributed by atoms with Gasteiger partial charge in [-0.2, -0.15) is 0 Å². The number of benzene rings is 2. The fourth-order valence-corrected chi connectivity index (χ4v) is 5.09. The maximum absolute atomic E-state index is 12.6. The van der Waals surface area contributed by atoms with E-state index in [1.54, 1.807) is 18.7 Å². The van der Waals surface area contributed by atoms with Gasteiger partial charge in [-0.15, -0.1) is 11.8 Å². The number of nitrogens with zero attached hydrogens (tertiary/aromatic N) is 1. The maximum Gasteiger partial charge on any atom is 0.310 e. The summed E-state index contributed by atoms with van der Waals surface area (Å²) in [6.07, 6.45) is 0.533. The van der Waals surface area contributed by atoms with Crippen LogP contribution in [0.15, 0.2) is 71.8 Å². The average Bonchev–Trinajstić information content (AvgIpc) is 2.74. The normalized spacial score (nSPS) is 13.6. The summed E-state index contributed by atoms with van der Waals surface area (Å²) in [4.78, 5) is 17.2. The van der Waals surface area contributed by atoms with Gasteiger partial charge in [0.2, 0.25) is 0 Å². The van der Waals surface area contributed by atoms with Crippen molar-refractivity contribution in [2.75, 3.05) is 12.4 Å². The molecule has 0 spiro atoms. The van der Waals surface area contributed by atoms with E-state index in [-0.39, 0.29) is 11.6 Å². The zero-order valence-electron chi connectivity index (χ0n) is 15.8. The number of ether oxygens (including phenoxy) is 1. The lowest BCUT2D eigenvalue weighted by molar-refractivity contribution is -0.147. The molecule has 1 aromatic heterocycles. The zero-order chi connectivity index (χ0) is 19.8. The van der Waals surface area contributed by atoms with Gasteiger partial charge in [-0.1, -0.05) is 54.6 Å². The predicted molar refractivity (Wildman–Crippen MR) is 117 cm³/mol. The van der Waals surface area contributed by atoms with Crippen molar-refractivity contribution in [1.29, 1.82) is 0 Å². The molecule has 0 amide bonds. The Labute approximate surface area is 170 Å². The molecule has 0 aliphatic rings. The molecular formula is C22H24NO3PS. The molecule has 146 valence electrons. The number of carbonyl (C=O) groups excluding carboxylic acids is 1. The van der Waals surface area contributed by atoms with E-state index in [1.165, 1.54) is 0 Å². The van der Waals surface area contributed by atoms with E-state index in [0.29, 0.717) is 18.8 Å². The Balaban J connectivity index is 1.74. The number of pyridine rings is 1. The largest absolute Gasteiger partial charge is 0.466 e. The van der Waals surface area contributed by atoms with Crippen LogP contribution >= 0.6 is 20.2 Å². The molecule has 0 aliphatic heterocycles. The molecule has 0 fully saturated rings. The minimum absolute atomic E-state index is 0.238. The number of hydrogen-bond acceptors (Lipinski definition) is 5. The summed E-state index contributed by atoms with van der Waals surface area (Å²) < 4.78 is 17.3. The van der Waals surface area contributed by atoms with Crippen molar-refractivity contribution in [3.63, 3.8) is 0 Å². The highest BCUT2D eigenvalue weighted by molar-refractivity contribution is 7.99. The van der Waals surface area contributed by atoms with Crippen LogP contribution in [0.4, 0.5) is 0 Å². The Morgan fingerprint density at radius 3 is 2.57 bits per heavy atom. The summed E-state index contributed by atoms with van der Waals surface area (Å²) in [6.45, 7) is 2.12. The van der Waals surface area contributed by atoms with Crippen molar-refractivity contribution in [3.8, 4) is 0 Å². The predicted octanol–water partition coefficient (Wildman–Crippen LogP) is 4.87. The molecule has 0 saturated heterocycles. The second-order valence-corrected chi connectivity index (χ2v) is 8.67. The van der Waals surface area contributed by atoms with Gasteiger partial charge < -0.3 is 9.30 Å². The molecule has 4 nitrogen and oxygen atoms in total. The van der Waals surface area contributed by atoms with Crippen LogP contribution in [0.1, 0.15) is 12.5 Å². The van der Waals surface area contributed by atoms with Crippen molar-refractivity contribution < 1.29 is 14.1 Å². The van der Waals surface area contributed by atoms with E-state index < -0.39 is 14.4 Å². The Morgan fingerprint density at radius 1 is 1.07 bits per heavy atom. The van der Waals surface area contributed by atoms with Gasteiger partial charge in [0.05, 0.1) is 31.5 Å². The third-order valence-electron chi connectivity index (χ3n) is 4.58. The Bertz CT molecular complexity index is 935. The Hall–Kier alpha value is -2.10. The summed E-state index contributed by atoms with van der Waals surface area (Å²) in [6, 6.07) is 21.8. The highest BCUT2D eigenvalue weighted by Gasteiger charge is 2.29. The zero-order valence-corrected chi connectivity index (χ0v) is 17.8. The van der Waals surface area contributed by atoms with Crippen LogP contribution < -0.4 is 0 Å². The number of rotatable bonds is 9. The fraction of sp³-hybridized carbons (Fsp3) is 0.273. The molecular weight excluding hydrogens is 389 g/mol. The molecule has 2 aromatic carbocycles. The molecule has 3 atom stereocenters. The summed E-state index contributed by atoms with van der Waals surface area (Å²) in [5, 5.41) is 1.96. The third-order valence-corrected chi connectivity index (χ3v) is 7.04. The highest BCUT2D eigenvalue weighted by atomic mass is 32.2. The van der Waals surface area contributed by atoms with Gasteiger partial charge in [0, 0.05) is 16.8 Å². The standard InChI is InChI=1S/C22H24NO3PS/c1-2-26-22(24)18(14-16-8-4-3-5-9-16)20(27-25)15-28-21-13-12-17-10-6-7-11-19(17)23-21/h3-13,18,20H,2,14-15,27H2,1H3. The molecule has 1 heterocycles. The first-order chi connectivity index (χ1) is 13.7. The second kappa shape index (κ2) is 10.4. The molecule has 28 heavy (non-hydrogen) atoms. The molecule has 0 bridgehead atoms. The number of para-hydroxylation sites is 1. The van der Waals surface area contributed by atoms with Crippen LogP contribution in [0.25, 0.3) is 10.9 Å². The molecule has 0 saturated carbocycles. The third kappa shape index (κ3) is 5.46. The summed E-state index contributed by atoms with van der Waals surface area (Å²) >= 11 is 1.54. The first-order valence-corrected chi connectivity index (χ1v) is 11.5. The van der Waals surface area contributed by atoms with Crippen LogP contribution in [0.2, 0.25) is 0 Å². The van der Waals surface area contributed by atoms with Crippen molar-refractivity contribution >= 4 is 37.1 Å². The van der Waals surface area contributed by atoms with Crippen LogP contribution in [-0.4, -0.2) is 29.0 Å². The van der Waals surface area contributed by atoms with E-state index in [0.717, 1.165) is 21.5 Å². The van der Waals surface area contributed by atoms with E-state index >= 15 is 0 Å². The summed E-state index contributed by atoms with van der Waals surface area (Å²) in [5.74, 6) is -0.116. The van der Waals surface area contributed by atoms with Crippen molar-refractivity contribution in [1.82, 2.24) is 4.98 Å². The van der Waals surface area contributed by atoms with Gasteiger partial charge in [0.25, 0.3) is 0 Å². The summed E-state index contributed by atoms with van der Waals surface area (Å²) in [7, 11) is -1.12. The quantitative estimate of drug-likeness (QED) is 0.284. The van der Waals surface area contributed by atoms with Crippen LogP contribution in [0.3, 0.4) is 0 Å². The topological polar surface area (TPSA) is 56.3 Å². The second-order valence-electron chi connectivity index (χ2n) is 6.50. The molecule has 3 rings (SSSR count). The minimum atomic E-state index is -1.12. The number of esters is 1. The Kier molecular flexibility index (Phi) is 7.70. The lowest BCUT2D eigenvalue weighted by Crippen LogP contribution is -2.30. The summed E-state index contributed by atoms with van der Waals surface area (Å²) in [5.41, 5.74) is 1.74. The van der Waals surface area contributed by atoms with Crippen LogP contribution in [0.5, 0.6) is 0 Å². The SMILES string of the molecule is CCOC(=O)C(Cc1ccccc1)C(CSc1ccc2ccccc2n1)[PH2]=O. The van der Waals surface area contributed by atoms with Crippen LogP contribution in [0, 0.1) is 5.92 Å². The maximum atomic E-state index is 12.6. The van der Waals surface area contributed by atoms with Gasteiger partial charge in [0.15, 0.2) is 0 Å². The fourth-order valence-electron chi connectivity index (χ4n) is 3.09. The molecule has 3 unspecified atom stereocenters. The molecule has 3 aromatic rings. The Morgan fingerprint density at radius 2 is 1.82 bits per heavy atom. The smallest absolute Gasteiger partial charge is 0.310 e. The van der Waals surface area contributed by atoms with Crippen molar-refractivity contribution in [2.45, 2.75) is 24.0 Å². The molecule has 0 N–H and O–H groups in total. The lowest BCUT2D eigenvalue weighted by atomic mass is 9.96. The monoisotopic (exact) mass is 413 g/mol. The van der Waals surface area contributed by atoms with Crippen molar-refractivity contribution in [3.05, 3.63) is 72.3 Å². The number of hydrogen-bond donors (Lipinski definition) is 0. The van der Waals surface area contributed by atoms with Gasteiger partial charge in [-0.3, -0.25) is 4.79 Å². The lowest BCUT2D eigenvalue weighted by Gasteiger charge is -2.21. The van der Waals surface area contributed by atoms with E-state index in [4.69, 9.17) is 4.74 Å². The van der Waals surface area contributed by atoms with E-state index in [9.17, 15) is 9.36 Å².